The van der Waals surface area contributed by atoms with Crippen LogP contribution in [-0.2, 0) is 9.84 Å². The summed E-state index contributed by atoms with van der Waals surface area (Å²) in [5.74, 6) is 2.04. The summed E-state index contributed by atoms with van der Waals surface area (Å²) in [6.45, 7) is 6.41. The number of aromatic nitrogens is 2. The van der Waals surface area contributed by atoms with Crippen molar-refractivity contribution < 1.29 is 8.42 Å². The number of anilines is 1. The highest BCUT2D eigenvalue weighted by atomic mass is 32.2. The standard InChI is InChI=1S/C15H26N4O2S/c1-12-11-15(17-13(2)16-12)19-7-5-14(6-8-19)18(3)9-10-22(4,20)21/h11,14H,5-10H2,1-4H3. The van der Waals surface area contributed by atoms with E-state index in [4.69, 9.17) is 0 Å². The predicted octanol–water partition coefficient (Wildman–Crippen LogP) is 1.04. The van der Waals surface area contributed by atoms with Crippen LogP contribution in [0.4, 0.5) is 5.82 Å². The van der Waals surface area contributed by atoms with Gasteiger partial charge in [-0.3, -0.25) is 0 Å². The van der Waals surface area contributed by atoms with Crippen LogP contribution in [0.2, 0.25) is 0 Å². The second-order valence-electron chi connectivity index (χ2n) is 6.24. The smallest absolute Gasteiger partial charge is 0.148 e. The van der Waals surface area contributed by atoms with E-state index in [2.05, 4.69) is 19.8 Å². The highest BCUT2D eigenvalue weighted by molar-refractivity contribution is 7.90. The van der Waals surface area contributed by atoms with Crippen LogP contribution in [0.15, 0.2) is 6.07 Å². The van der Waals surface area contributed by atoms with Crippen molar-refractivity contribution in [2.45, 2.75) is 32.7 Å². The zero-order valence-corrected chi connectivity index (χ0v) is 14.7. The molecule has 1 fully saturated rings. The van der Waals surface area contributed by atoms with Gasteiger partial charge in [0.1, 0.15) is 21.5 Å². The summed E-state index contributed by atoms with van der Waals surface area (Å²) in [6.07, 6.45) is 3.36. The molecule has 1 aromatic heterocycles. The monoisotopic (exact) mass is 326 g/mol. The first-order chi connectivity index (χ1) is 10.2. The van der Waals surface area contributed by atoms with Gasteiger partial charge in [0, 0.05) is 43.7 Å². The van der Waals surface area contributed by atoms with Gasteiger partial charge in [-0.2, -0.15) is 0 Å². The Morgan fingerprint density at radius 2 is 1.91 bits per heavy atom. The minimum absolute atomic E-state index is 0.230. The number of hydrogen-bond acceptors (Lipinski definition) is 6. The van der Waals surface area contributed by atoms with Crippen molar-refractivity contribution in [3.05, 3.63) is 17.6 Å². The highest BCUT2D eigenvalue weighted by Gasteiger charge is 2.23. The number of aryl methyl sites for hydroxylation is 2. The average molecular weight is 326 g/mol. The lowest BCUT2D eigenvalue weighted by atomic mass is 10.0. The van der Waals surface area contributed by atoms with Gasteiger partial charge in [0.25, 0.3) is 0 Å². The Kier molecular flexibility index (Phi) is 5.39. The van der Waals surface area contributed by atoms with Gasteiger partial charge in [0.05, 0.1) is 5.75 Å². The van der Waals surface area contributed by atoms with E-state index in [1.165, 1.54) is 6.26 Å². The van der Waals surface area contributed by atoms with Gasteiger partial charge in [0.15, 0.2) is 0 Å². The fourth-order valence-corrected chi connectivity index (χ4v) is 3.51. The molecular weight excluding hydrogens is 300 g/mol. The molecule has 0 aliphatic carbocycles. The van der Waals surface area contributed by atoms with Crippen LogP contribution >= 0.6 is 0 Å². The van der Waals surface area contributed by atoms with Crippen LogP contribution in [0.25, 0.3) is 0 Å². The molecule has 0 unspecified atom stereocenters. The fraction of sp³-hybridized carbons (Fsp3) is 0.733. The molecule has 7 heteroatoms. The Labute approximate surface area is 133 Å². The normalized spacial score (nSPS) is 17.2. The SMILES string of the molecule is Cc1cc(N2CCC(N(C)CCS(C)(=O)=O)CC2)nc(C)n1. The molecule has 0 spiro atoms. The Bertz CT molecular complexity index is 590. The number of nitrogens with zero attached hydrogens (tertiary/aromatic N) is 4. The molecule has 1 aliphatic rings. The molecule has 0 radical (unpaired) electrons. The number of hydrogen-bond donors (Lipinski definition) is 0. The van der Waals surface area contributed by atoms with Gasteiger partial charge in [-0.1, -0.05) is 0 Å². The summed E-state index contributed by atoms with van der Waals surface area (Å²) in [5, 5.41) is 0. The summed E-state index contributed by atoms with van der Waals surface area (Å²) < 4.78 is 22.5. The lowest BCUT2D eigenvalue weighted by Crippen LogP contribution is -2.45. The number of rotatable bonds is 5. The second-order valence-corrected chi connectivity index (χ2v) is 8.50. The van der Waals surface area contributed by atoms with Crippen molar-refractivity contribution in [1.29, 1.82) is 0 Å². The summed E-state index contributed by atoms with van der Waals surface area (Å²) in [4.78, 5) is 13.3. The molecule has 0 atom stereocenters. The maximum Gasteiger partial charge on any atom is 0.148 e. The molecule has 124 valence electrons. The fourth-order valence-electron chi connectivity index (χ4n) is 2.89. The van der Waals surface area contributed by atoms with E-state index in [-0.39, 0.29) is 5.75 Å². The Morgan fingerprint density at radius 3 is 2.45 bits per heavy atom. The van der Waals surface area contributed by atoms with E-state index in [9.17, 15) is 8.42 Å². The molecule has 0 amide bonds. The van der Waals surface area contributed by atoms with Crippen LogP contribution in [0.1, 0.15) is 24.4 Å². The van der Waals surface area contributed by atoms with E-state index in [1.807, 2.05) is 27.0 Å². The highest BCUT2D eigenvalue weighted by Crippen LogP contribution is 2.21. The van der Waals surface area contributed by atoms with E-state index in [0.29, 0.717) is 12.6 Å². The molecule has 22 heavy (non-hydrogen) atoms. The first-order valence-electron chi connectivity index (χ1n) is 7.70. The van der Waals surface area contributed by atoms with E-state index in [0.717, 1.165) is 43.3 Å². The van der Waals surface area contributed by atoms with Crippen molar-refractivity contribution in [2.75, 3.05) is 43.6 Å². The molecule has 0 saturated carbocycles. The van der Waals surface area contributed by atoms with Crippen LogP contribution in [0.5, 0.6) is 0 Å². The molecule has 0 bridgehead atoms. The topological polar surface area (TPSA) is 66.4 Å². The van der Waals surface area contributed by atoms with Crippen molar-refractivity contribution in [3.8, 4) is 0 Å². The predicted molar refractivity (Wildman–Crippen MR) is 89.1 cm³/mol. The van der Waals surface area contributed by atoms with Gasteiger partial charge >= 0.3 is 0 Å². The maximum absolute atomic E-state index is 11.3. The van der Waals surface area contributed by atoms with Crippen molar-refractivity contribution >= 4 is 15.7 Å². The van der Waals surface area contributed by atoms with Crippen LogP contribution in [-0.4, -0.2) is 68.0 Å². The lowest BCUT2D eigenvalue weighted by molar-refractivity contribution is 0.218. The zero-order chi connectivity index (χ0) is 16.3. The molecule has 0 N–H and O–H groups in total. The largest absolute Gasteiger partial charge is 0.356 e. The summed E-state index contributed by atoms with van der Waals surface area (Å²) in [5.41, 5.74) is 0.995. The number of piperidine rings is 1. The molecule has 6 nitrogen and oxygen atoms in total. The minimum atomic E-state index is -2.89. The van der Waals surface area contributed by atoms with Crippen LogP contribution in [0.3, 0.4) is 0 Å². The average Bonchev–Trinajstić information content (AvgIpc) is 2.43. The molecule has 1 aromatic rings. The van der Waals surface area contributed by atoms with Gasteiger partial charge in [0.2, 0.25) is 0 Å². The van der Waals surface area contributed by atoms with Gasteiger partial charge in [-0.15, -0.1) is 0 Å². The quantitative estimate of drug-likeness (QED) is 0.805. The van der Waals surface area contributed by atoms with Crippen molar-refractivity contribution in [2.24, 2.45) is 0 Å². The van der Waals surface area contributed by atoms with E-state index in [1.54, 1.807) is 0 Å². The third-order valence-corrected chi connectivity index (χ3v) is 5.10. The second kappa shape index (κ2) is 6.91. The maximum atomic E-state index is 11.3. The third kappa shape index (κ3) is 4.91. The van der Waals surface area contributed by atoms with Gasteiger partial charge in [-0.25, -0.2) is 18.4 Å². The van der Waals surface area contributed by atoms with Crippen molar-refractivity contribution in [1.82, 2.24) is 14.9 Å². The molecule has 1 aliphatic heterocycles. The first-order valence-corrected chi connectivity index (χ1v) is 9.76. The third-order valence-electron chi connectivity index (χ3n) is 4.18. The Hall–Kier alpha value is -1.21. The summed E-state index contributed by atoms with van der Waals surface area (Å²) >= 11 is 0. The van der Waals surface area contributed by atoms with Crippen LogP contribution in [0, 0.1) is 13.8 Å². The van der Waals surface area contributed by atoms with Crippen molar-refractivity contribution in [3.63, 3.8) is 0 Å². The summed E-state index contributed by atoms with van der Waals surface area (Å²) in [6, 6.07) is 2.47. The zero-order valence-electron chi connectivity index (χ0n) is 13.9. The Morgan fingerprint density at radius 1 is 1.27 bits per heavy atom. The van der Waals surface area contributed by atoms with Gasteiger partial charge in [-0.05, 0) is 33.7 Å². The number of sulfone groups is 1. The molecular formula is C15H26N4O2S. The lowest BCUT2D eigenvalue weighted by Gasteiger charge is -2.37. The molecule has 2 rings (SSSR count). The first kappa shape index (κ1) is 17.1. The Balaban J connectivity index is 1.90. The van der Waals surface area contributed by atoms with Gasteiger partial charge < -0.3 is 9.80 Å². The molecule has 2 heterocycles. The minimum Gasteiger partial charge on any atom is -0.356 e. The van der Waals surface area contributed by atoms with Crippen LogP contribution < -0.4 is 4.90 Å². The van der Waals surface area contributed by atoms with E-state index >= 15 is 0 Å². The molecule has 0 aromatic carbocycles. The molecule has 1 saturated heterocycles. The van der Waals surface area contributed by atoms with E-state index < -0.39 is 9.84 Å². The summed E-state index contributed by atoms with van der Waals surface area (Å²) in [7, 11) is -0.872.